The van der Waals surface area contributed by atoms with E-state index >= 15 is 0 Å². The Kier molecular flexibility index (Phi) is 3.02. The largest absolute Gasteiger partial charge is 0.0836 e. The summed E-state index contributed by atoms with van der Waals surface area (Å²) in [4.78, 5) is 0.586. The van der Waals surface area contributed by atoms with E-state index in [1.54, 1.807) is 6.42 Å². The molecule has 4 fully saturated rings. The van der Waals surface area contributed by atoms with E-state index in [1.807, 2.05) is 0 Å². The van der Waals surface area contributed by atoms with Gasteiger partial charge in [0.25, 0.3) is 0 Å². The first-order valence-corrected chi connectivity index (χ1v) is 8.83. The molecule has 1 atom stereocenters. The quantitative estimate of drug-likeness (QED) is 0.631. The molecule has 0 heterocycles. The van der Waals surface area contributed by atoms with Crippen LogP contribution in [-0.2, 0) is 0 Å². The van der Waals surface area contributed by atoms with E-state index in [1.165, 1.54) is 36.8 Å². The van der Waals surface area contributed by atoms with E-state index in [9.17, 15) is 0 Å². The zero-order valence-electron chi connectivity index (χ0n) is 11.7. The molecule has 1 aromatic carbocycles. The number of rotatable bonds is 2. The molecule has 1 heteroatoms. The molecule has 0 nitrogen and oxygen atoms in total. The molecule has 4 saturated carbocycles. The van der Waals surface area contributed by atoms with Crippen molar-refractivity contribution in [3.8, 4) is 0 Å². The standard InChI is InChI=1S/C18H23Br/c1-11-2-4-14(5-3-11)18(19)17-15-7-12-6-13(9-15)10-16(17)8-12/h2-5,12-13,15-18H,6-10H2,1H3. The van der Waals surface area contributed by atoms with E-state index in [0.29, 0.717) is 4.83 Å². The van der Waals surface area contributed by atoms with Crippen LogP contribution in [-0.4, -0.2) is 0 Å². The SMILES string of the molecule is Cc1ccc(C(Br)C2C3CC4CC(C3)CC2C4)cc1. The number of hydrogen-bond acceptors (Lipinski definition) is 0. The molecule has 0 radical (unpaired) electrons. The molecule has 0 amide bonds. The molecule has 0 aliphatic heterocycles. The predicted molar refractivity (Wildman–Crippen MR) is 83.4 cm³/mol. The summed E-state index contributed by atoms with van der Waals surface area (Å²) in [7, 11) is 0. The Morgan fingerprint density at radius 3 is 1.95 bits per heavy atom. The Hall–Kier alpha value is -0.300. The molecule has 0 N–H and O–H groups in total. The van der Waals surface area contributed by atoms with Crippen LogP contribution in [0.1, 0.15) is 48.1 Å². The average molecular weight is 319 g/mol. The molecule has 4 aliphatic carbocycles. The Balaban J connectivity index is 1.60. The highest BCUT2D eigenvalue weighted by atomic mass is 79.9. The van der Waals surface area contributed by atoms with Gasteiger partial charge >= 0.3 is 0 Å². The second kappa shape index (κ2) is 4.62. The van der Waals surface area contributed by atoms with Crippen molar-refractivity contribution >= 4 is 15.9 Å². The minimum Gasteiger partial charge on any atom is -0.0836 e. The lowest BCUT2D eigenvalue weighted by Crippen LogP contribution is -2.46. The van der Waals surface area contributed by atoms with Crippen molar-refractivity contribution in [2.24, 2.45) is 29.6 Å². The number of alkyl halides is 1. The number of halogens is 1. The lowest BCUT2D eigenvalue weighted by Gasteiger charge is -2.55. The van der Waals surface area contributed by atoms with Gasteiger partial charge in [0.1, 0.15) is 0 Å². The lowest BCUT2D eigenvalue weighted by molar-refractivity contribution is -0.0364. The van der Waals surface area contributed by atoms with Gasteiger partial charge in [0.2, 0.25) is 0 Å². The van der Waals surface area contributed by atoms with Gasteiger partial charge in [0, 0.05) is 4.83 Å². The summed E-state index contributed by atoms with van der Waals surface area (Å²) >= 11 is 4.06. The summed E-state index contributed by atoms with van der Waals surface area (Å²) in [5.41, 5.74) is 2.87. The molecule has 1 aromatic rings. The molecule has 4 aliphatic rings. The van der Waals surface area contributed by atoms with Gasteiger partial charge in [-0.1, -0.05) is 45.8 Å². The van der Waals surface area contributed by atoms with Gasteiger partial charge in [-0.05, 0) is 74.2 Å². The Morgan fingerprint density at radius 1 is 0.895 bits per heavy atom. The van der Waals surface area contributed by atoms with Crippen LogP contribution in [0.4, 0.5) is 0 Å². The summed E-state index contributed by atoms with van der Waals surface area (Å²) in [6.45, 7) is 2.18. The van der Waals surface area contributed by atoms with Crippen molar-refractivity contribution < 1.29 is 0 Å². The second-order valence-electron chi connectivity index (χ2n) is 7.32. The van der Waals surface area contributed by atoms with Gasteiger partial charge in [0.05, 0.1) is 0 Å². The monoisotopic (exact) mass is 318 g/mol. The van der Waals surface area contributed by atoms with Gasteiger partial charge in [0.15, 0.2) is 0 Å². The minimum absolute atomic E-state index is 0.586. The maximum Gasteiger partial charge on any atom is 0.0428 e. The first-order chi connectivity index (χ1) is 9.20. The van der Waals surface area contributed by atoms with E-state index < -0.39 is 0 Å². The third kappa shape index (κ3) is 2.09. The topological polar surface area (TPSA) is 0 Å². The summed E-state index contributed by atoms with van der Waals surface area (Å²) in [5.74, 6) is 5.06. The number of hydrogen-bond donors (Lipinski definition) is 0. The van der Waals surface area contributed by atoms with Crippen LogP contribution in [0.3, 0.4) is 0 Å². The highest BCUT2D eigenvalue weighted by molar-refractivity contribution is 9.09. The van der Waals surface area contributed by atoms with Crippen LogP contribution in [0.2, 0.25) is 0 Å². The maximum atomic E-state index is 4.06. The van der Waals surface area contributed by atoms with E-state index in [-0.39, 0.29) is 0 Å². The summed E-state index contributed by atoms with van der Waals surface area (Å²) in [5, 5.41) is 0. The molecule has 0 aromatic heterocycles. The maximum absolute atomic E-state index is 4.06. The third-order valence-electron chi connectivity index (χ3n) is 6.03. The molecule has 5 rings (SSSR count). The van der Waals surface area contributed by atoms with Crippen LogP contribution in [0.25, 0.3) is 0 Å². The first-order valence-electron chi connectivity index (χ1n) is 7.91. The molecule has 102 valence electrons. The summed E-state index contributed by atoms with van der Waals surface area (Å²) in [6, 6.07) is 9.19. The van der Waals surface area contributed by atoms with Crippen molar-refractivity contribution in [1.29, 1.82) is 0 Å². The lowest BCUT2D eigenvalue weighted by atomic mass is 9.51. The van der Waals surface area contributed by atoms with Crippen molar-refractivity contribution in [2.45, 2.75) is 43.9 Å². The smallest absolute Gasteiger partial charge is 0.0428 e. The average Bonchev–Trinajstić information content (AvgIpc) is 2.38. The summed E-state index contributed by atoms with van der Waals surface area (Å²) < 4.78 is 0. The van der Waals surface area contributed by atoms with Crippen LogP contribution in [0.5, 0.6) is 0 Å². The molecule has 0 saturated heterocycles. The van der Waals surface area contributed by atoms with Gasteiger partial charge in [-0.15, -0.1) is 0 Å². The molecule has 19 heavy (non-hydrogen) atoms. The zero-order chi connectivity index (χ0) is 13.0. The zero-order valence-corrected chi connectivity index (χ0v) is 13.3. The van der Waals surface area contributed by atoms with Crippen LogP contribution in [0.15, 0.2) is 24.3 Å². The fourth-order valence-electron chi connectivity index (χ4n) is 5.42. The van der Waals surface area contributed by atoms with Crippen LogP contribution < -0.4 is 0 Å². The highest BCUT2D eigenvalue weighted by Gasteiger charge is 2.50. The van der Waals surface area contributed by atoms with Crippen LogP contribution in [0, 0.1) is 36.5 Å². The molecule has 1 unspecified atom stereocenters. The minimum atomic E-state index is 0.586. The normalized spacial score (nSPS) is 41.5. The third-order valence-corrected chi connectivity index (χ3v) is 7.17. The van der Waals surface area contributed by atoms with Gasteiger partial charge < -0.3 is 0 Å². The summed E-state index contributed by atoms with van der Waals surface area (Å²) in [6.07, 6.45) is 7.63. The highest BCUT2D eigenvalue weighted by Crippen LogP contribution is 2.60. The Labute approximate surface area is 125 Å². The Morgan fingerprint density at radius 2 is 1.42 bits per heavy atom. The van der Waals surface area contributed by atoms with Gasteiger partial charge in [-0.25, -0.2) is 0 Å². The fraction of sp³-hybridized carbons (Fsp3) is 0.667. The molecular weight excluding hydrogens is 296 g/mol. The Bertz CT molecular complexity index is 433. The molecule has 0 spiro atoms. The predicted octanol–water partition coefficient (Wildman–Crippen LogP) is 5.50. The van der Waals surface area contributed by atoms with Gasteiger partial charge in [-0.2, -0.15) is 0 Å². The molecule has 4 bridgehead atoms. The van der Waals surface area contributed by atoms with Gasteiger partial charge in [-0.3, -0.25) is 0 Å². The second-order valence-corrected chi connectivity index (χ2v) is 8.31. The fourth-order valence-corrected chi connectivity index (χ4v) is 6.59. The van der Waals surface area contributed by atoms with Crippen molar-refractivity contribution in [3.63, 3.8) is 0 Å². The van der Waals surface area contributed by atoms with E-state index in [2.05, 4.69) is 47.1 Å². The van der Waals surface area contributed by atoms with Crippen molar-refractivity contribution in [1.82, 2.24) is 0 Å². The van der Waals surface area contributed by atoms with Crippen LogP contribution >= 0.6 is 15.9 Å². The van der Waals surface area contributed by atoms with Crippen molar-refractivity contribution in [2.75, 3.05) is 0 Å². The van der Waals surface area contributed by atoms with Crippen molar-refractivity contribution in [3.05, 3.63) is 35.4 Å². The first kappa shape index (κ1) is 12.4. The van der Waals surface area contributed by atoms with E-state index in [4.69, 9.17) is 0 Å². The molecular formula is C18H23Br. The number of benzene rings is 1. The van der Waals surface area contributed by atoms with E-state index in [0.717, 1.165) is 29.6 Å². The number of aryl methyl sites for hydroxylation is 1.